The second-order valence-electron chi connectivity index (χ2n) is 9.26. The van der Waals surface area contributed by atoms with E-state index in [4.69, 9.17) is 9.84 Å². The zero-order valence-corrected chi connectivity index (χ0v) is 20.0. The lowest BCUT2D eigenvalue weighted by atomic mass is 9.86. The first-order valence-electron chi connectivity index (χ1n) is 11.5. The average Bonchev–Trinajstić information content (AvgIpc) is 2.77. The Labute approximate surface area is 195 Å². The molecule has 1 aliphatic heterocycles. The second-order valence-corrected chi connectivity index (χ2v) is 11.1. The Hall–Kier alpha value is -2.80. The van der Waals surface area contributed by atoms with Crippen LogP contribution in [0, 0.1) is 12.8 Å². The maximum Gasteiger partial charge on any atom is 0.303 e. The van der Waals surface area contributed by atoms with Crippen molar-refractivity contribution in [2.24, 2.45) is 5.92 Å². The second kappa shape index (κ2) is 9.59. The van der Waals surface area contributed by atoms with Crippen LogP contribution in [0.15, 0.2) is 52.9 Å². The summed E-state index contributed by atoms with van der Waals surface area (Å²) in [6.07, 6.45) is 6.35. The molecule has 2 aromatic carbocycles. The SMILES string of the molecule is Cc1cccc(S(=O)(=O)N2C[C@H](CCC(=O)O)Oc3ccc(/C=C4\CCCC(C)C4)cc32)c1. The summed E-state index contributed by atoms with van der Waals surface area (Å²) >= 11 is 0. The highest BCUT2D eigenvalue weighted by Gasteiger charge is 2.35. The van der Waals surface area contributed by atoms with Gasteiger partial charge in [-0.05, 0) is 73.9 Å². The number of benzene rings is 2. The minimum absolute atomic E-state index is 0.0770. The van der Waals surface area contributed by atoms with Crippen LogP contribution >= 0.6 is 0 Å². The molecule has 1 aliphatic carbocycles. The van der Waals surface area contributed by atoms with E-state index in [2.05, 4.69) is 13.0 Å². The number of aliphatic carboxylic acids is 1. The maximum atomic E-state index is 13.7. The normalized spacial score (nSPS) is 22.0. The van der Waals surface area contributed by atoms with Crippen LogP contribution in [0.25, 0.3) is 6.08 Å². The molecule has 7 heteroatoms. The lowest BCUT2D eigenvalue weighted by Gasteiger charge is -2.35. The Bertz CT molecular complexity index is 1170. The van der Waals surface area contributed by atoms with Crippen molar-refractivity contribution >= 4 is 27.8 Å². The van der Waals surface area contributed by atoms with Gasteiger partial charge in [0, 0.05) is 6.42 Å². The summed E-state index contributed by atoms with van der Waals surface area (Å²) in [6, 6.07) is 12.5. The first kappa shape index (κ1) is 23.4. The van der Waals surface area contributed by atoms with Crippen molar-refractivity contribution in [3.63, 3.8) is 0 Å². The molecule has 4 rings (SSSR count). The van der Waals surface area contributed by atoms with Crippen molar-refractivity contribution in [3.8, 4) is 5.75 Å². The fourth-order valence-electron chi connectivity index (χ4n) is 4.68. The number of allylic oxidation sites excluding steroid dienone is 1. The number of nitrogens with zero attached hydrogens (tertiary/aromatic N) is 1. The topological polar surface area (TPSA) is 83.9 Å². The molecule has 6 nitrogen and oxygen atoms in total. The molecule has 0 spiro atoms. The highest BCUT2D eigenvalue weighted by atomic mass is 32.2. The highest BCUT2D eigenvalue weighted by molar-refractivity contribution is 7.92. The van der Waals surface area contributed by atoms with Gasteiger partial charge in [0.05, 0.1) is 17.1 Å². The number of aryl methyl sites for hydroxylation is 1. The van der Waals surface area contributed by atoms with E-state index in [9.17, 15) is 13.2 Å². The lowest BCUT2D eigenvalue weighted by Crippen LogP contribution is -2.43. The maximum absolute atomic E-state index is 13.7. The van der Waals surface area contributed by atoms with E-state index in [1.807, 2.05) is 25.1 Å². The lowest BCUT2D eigenvalue weighted by molar-refractivity contribution is -0.137. The van der Waals surface area contributed by atoms with Crippen molar-refractivity contribution < 1.29 is 23.1 Å². The van der Waals surface area contributed by atoms with Gasteiger partial charge in [0.25, 0.3) is 10.0 Å². The number of sulfonamides is 1. The van der Waals surface area contributed by atoms with Crippen LogP contribution in [0.5, 0.6) is 5.75 Å². The number of carboxylic acid groups (broad SMARTS) is 1. The predicted octanol–water partition coefficient (Wildman–Crippen LogP) is 5.41. The summed E-state index contributed by atoms with van der Waals surface area (Å²) in [5.74, 6) is 0.201. The van der Waals surface area contributed by atoms with Crippen molar-refractivity contribution in [1.82, 2.24) is 0 Å². The standard InChI is InChI=1S/C26H31NO5S/c1-18-5-3-7-20(13-18)15-21-9-11-25-24(16-21)27(17-22(32-25)10-12-26(28)29)33(30,31)23-8-4-6-19(2)14-23/h4,6,8-9,11,14-16,18,22H,3,5,7,10,12-13,17H2,1-2H3,(H,28,29)/b20-15+/t18?,22-/m0/s1. The smallest absolute Gasteiger partial charge is 0.303 e. The van der Waals surface area contributed by atoms with Gasteiger partial charge in [-0.2, -0.15) is 0 Å². The number of hydrogen-bond donors (Lipinski definition) is 1. The number of anilines is 1. The Morgan fingerprint density at radius 2 is 2.06 bits per heavy atom. The number of carbonyl (C=O) groups is 1. The van der Waals surface area contributed by atoms with Gasteiger partial charge in [0.2, 0.25) is 0 Å². The third-order valence-electron chi connectivity index (χ3n) is 6.35. The fourth-order valence-corrected chi connectivity index (χ4v) is 6.28. The molecule has 1 N–H and O–H groups in total. The van der Waals surface area contributed by atoms with Gasteiger partial charge in [-0.25, -0.2) is 8.42 Å². The van der Waals surface area contributed by atoms with E-state index in [1.165, 1.54) is 22.7 Å². The quantitative estimate of drug-likeness (QED) is 0.612. The van der Waals surface area contributed by atoms with Crippen molar-refractivity contribution in [1.29, 1.82) is 0 Å². The predicted molar refractivity (Wildman–Crippen MR) is 129 cm³/mol. The molecule has 0 amide bonds. The Kier molecular flexibility index (Phi) is 6.79. The van der Waals surface area contributed by atoms with E-state index in [1.54, 1.807) is 24.3 Å². The number of hydrogen-bond acceptors (Lipinski definition) is 4. The third-order valence-corrected chi connectivity index (χ3v) is 8.12. The number of ether oxygens (including phenoxy) is 1. The van der Waals surface area contributed by atoms with Crippen LogP contribution in [-0.2, 0) is 14.8 Å². The number of carboxylic acids is 1. The average molecular weight is 470 g/mol. The molecule has 0 saturated heterocycles. The van der Waals surface area contributed by atoms with E-state index in [0.717, 1.165) is 24.0 Å². The molecule has 1 saturated carbocycles. The van der Waals surface area contributed by atoms with Crippen LogP contribution in [0.2, 0.25) is 0 Å². The van der Waals surface area contributed by atoms with Gasteiger partial charge in [0.15, 0.2) is 0 Å². The molecule has 33 heavy (non-hydrogen) atoms. The highest BCUT2D eigenvalue weighted by Crippen LogP contribution is 2.39. The third kappa shape index (κ3) is 5.41. The molecule has 2 aliphatic rings. The van der Waals surface area contributed by atoms with Crippen LogP contribution < -0.4 is 9.04 Å². The largest absolute Gasteiger partial charge is 0.486 e. The van der Waals surface area contributed by atoms with E-state index in [0.29, 0.717) is 17.4 Å². The van der Waals surface area contributed by atoms with Gasteiger partial charge in [-0.3, -0.25) is 9.10 Å². The Morgan fingerprint density at radius 3 is 2.79 bits per heavy atom. The Balaban J connectivity index is 1.73. The zero-order valence-electron chi connectivity index (χ0n) is 19.2. The monoisotopic (exact) mass is 469 g/mol. The minimum Gasteiger partial charge on any atom is -0.486 e. The van der Waals surface area contributed by atoms with Crippen LogP contribution in [0.3, 0.4) is 0 Å². The van der Waals surface area contributed by atoms with Gasteiger partial charge < -0.3 is 9.84 Å². The van der Waals surface area contributed by atoms with Gasteiger partial charge in [-0.1, -0.05) is 43.2 Å². The number of rotatable bonds is 6. The minimum atomic E-state index is -3.84. The molecule has 1 fully saturated rings. The van der Waals surface area contributed by atoms with Crippen LogP contribution in [-0.4, -0.2) is 32.1 Å². The van der Waals surface area contributed by atoms with Crippen molar-refractivity contribution in [2.45, 2.75) is 63.4 Å². The van der Waals surface area contributed by atoms with Crippen molar-refractivity contribution in [3.05, 3.63) is 59.2 Å². The van der Waals surface area contributed by atoms with E-state index in [-0.39, 0.29) is 24.3 Å². The first-order chi connectivity index (χ1) is 15.7. The fraction of sp³-hybridized carbons (Fsp3) is 0.423. The molecule has 2 atom stereocenters. The van der Waals surface area contributed by atoms with E-state index >= 15 is 0 Å². The molecule has 0 bridgehead atoms. The summed E-state index contributed by atoms with van der Waals surface area (Å²) in [6.45, 7) is 4.20. The summed E-state index contributed by atoms with van der Waals surface area (Å²) in [5.41, 5.74) is 3.70. The molecular formula is C26H31NO5S. The van der Waals surface area contributed by atoms with Gasteiger partial charge in [0.1, 0.15) is 11.9 Å². The van der Waals surface area contributed by atoms with Gasteiger partial charge >= 0.3 is 5.97 Å². The van der Waals surface area contributed by atoms with Crippen LogP contribution in [0.1, 0.15) is 56.6 Å². The Morgan fingerprint density at radius 1 is 1.24 bits per heavy atom. The first-order valence-corrected chi connectivity index (χ1v) is 13.0. The summed E-state index contributed by atoms with van der Waals surface area (Å²) in [4.78, 5) is 11.3. The van der Waals surface area contributed by atoms with E-state index < -0.39 is 22.1 Å². The summed E-state index contributed by atoms with van der Waals surface area (Å²) < 4.78 is 34.8. The zero-order chi connectivity index (χ0) is 23.6. The molecule has 0 radical (unpaired) electrons. The number of fused-ring (bicyclic) bond motifs is 1. The summed E-state index contributed by atoms with van der Waals surface area (Å²) in [5, 5.41) is 9.09. The molecule has 1 unspecified atom stereocenters. The molecule has 0 aromatic heterocycles. The summed E-state index contributed by atoms with van der Waals surface area (Å²) in [7, 11) is -3.84. The molecule has 176 valence electrons. The molecular weight excluding hydrogens is 438 g/mol. The van der Waals surface area contributed by atoms with Crippen molar-refractivity contribution in [2.75, 3.05) is 10.8 Å². The van der Waals surface area contributed by atoms with Crippen LogP contribution in [0.4, 0.5) is 5.69 Å². The molecule has 2 aromatic rings. The van der Waals surface area contributed by atoms with Gasteiger partial charge in [-0.15, -0.1) is 0 Å². The molecule has 1 heterocycles.